The summed E-state index contributed by atoms with van der Waals surface area (Å²) >= 11 is 0. The van der Waals surface area contributed by atoms with Gasteiger partial charge in [-0.2, -0.15) is 0 Å². The van der Waals surface area contributed by atoms with E-state index in [0.29, 0.717) is 24.4 Å². The van der Waals surface area contributed by atoms with Gasteiger partial charge in [0, 0.05) is 18.3 Å². The summed E-state index contributed by atoms with van der Waals surface area (Å²) < 4.78 is 5.70. The van der Waals surface area contributed by atoms with Gasteiger partial charge in [-0.3, -0.25) is 4.79 Å². The van der Waals surface area contributed by atoms with Gasteiger partial charge in [0.25, 0.3) is 5.91 Å². The molecule has 2 aromatic rings. The minimum absolute atomic E-state index is 0.117. The van der Waals surface area contributed by atoms with Gasteiger partial charge in [-0.05, 0) is 42.8 Å². The Morgan fingerprint density at radius 1 is 1.12 bits per heavy atom. The van der Waals surface area contributed by atoms with Gasteiger partial charge < -0.3 is 20.7 Å². The molecule has 0 aliphatic heterocycles. The van der Waals surface area contributed by atoms with Gasteiger partial charge in [0.1, 0.15) is 12.4 Å². The summed E-state index contributed by atoms with van der Waals surface area (Å²) in [6.07, 6.45) is 0. The molecule has 2 rings (SSSR count). The van der Waals surface area contributed by atoms with Gasteiger partial charge in [-0.25, -0.2) is 4.79 Å². The number of carbonyl (C=O) groups excluding carboxylic acids is 2. The Hall–Kier alpha value is -3.02. The number of nitrogens with zero attached hydrogens (tertiary/aromatic N) is 1. The van der Waals surface area contributed by atoms with Crippen LogP contribution < -0.4 is 15.8 Å². The number of amides is 3. The van der Waals surface area contributed by atoms with Crippen LogP contribution in [0.2, 0.25) is 0 Å². The van der Waals surface area contributed by atoms with E-state index in [0.717, 1.165) is 11.3 Å². The number of primary amides is 1. The van der Waals surface area contributed by atoms with Gasteiger partial charge in [0.2, 0.25) is 0 Å². The minimum Gasteiger partial charge on any atom is -0.491 e. The molecule has 6 nitrogen and oxygen atoms in total. The number of rotatable bonds is 6. The van der Waals surface area contributed by atoms with E-state index in [1.807, 2.05) is 31.2 Å². The van der Waals surface area contributed by atoms with Crippen molar-refractivity contribution in [2.24, 2.45) is 5.73 Å². The Bertz CT molecular complexity index is 714. The van der Waals surface area contributed by atoms with E-state index >= 15 is 0 Å². The van der Waals surface area contributed by atoms with Gasteiger partial charge in [-0.15, -0.1) is 0 Å². The Balaban J connectivity index is 1.87. The molecule has 0 aromatic heterocycles. The van der Waals surface area contributed by atoms with E-state index in [9.17, 15) is 9.59 Å². The van der Waals surface area contributed by atoms with Gasteiger partial charge in [0.05, 0.1) is 6.54 Å². The molecule has 0 aliphatic rings. The number of nitrogens with two attached hydrogens (primary N) is 1. The third-order valence-corrected chi connectivity index (χ3v) is 3.52. The molecule has 0 heterocycles. The lowest BCUT2D eigenvalue weighted by atomic mass is 10.2. The highest BCUT2D eigenvalue weighted by Crippen LogP contribution is 2.16. The summed E-state index contributed by atoms with van der Waals surface area (Å²) in [4.78, 5) is 24.7. The molecule has 3 amide bonds. The first-order valence-corrected chi connectivity index (χ1v) is 7.58. The maximum absolute atomic E-state index is 12.3. The fourth-order valence-electron chi connectivity index (χ4n) is 2.17. The summed E-state index contributed by atoms with van der Waals surface area (Å²) in [5, 5.41) is 2.45. The standard InChI is InChI=1S/C18H21N3O3/c1-13-5-3-4-6-16(13)24-12-11-21(2)17(22)14-7-9-15(10-8-14)20-18(19)23/h3-10H,11-12H2,1-2H3,(H3,19,20,23). The Morgan fingerprint density at radius 2 is 1.79 bits per heavy atom. The molecule has 0 aliphatic carbocycles. The number of likely N-dealkylation sites (N-methyl/N-ethyl adjacent to an activating group) is 1. The number of hydrogen-bond donors (Lipinski definition) is 2. The first kappa shape index (κ1) is 17.3. The van der Waals surface area contributed by atoms with Crippen LogP contribution in [0.25, 0.3) is 0 Å². The number of ether oxygens (including phenoxy) is 1. The normalized spacial score (nSPS) is 10.1. The largest absolute Gasteiger partial charge is 0.491 e. The Morgan fingerprint density at radius 3 is 2.42 bits per heavy atom. The predicted octanol–water partition coefficient (Wildman–Crippen LogP) is 2.64. The second kappa shape index (κ2) is 8.01. The quantitative estimate of drug-likeness (QED) is 0.855. The molecule has 126 valence electrons. The molecule has 0 saturated heterocycles. The van der Waals surface area contributed by atoms with Crippen molar-refractivity contribution in [3.63, 3.8) is 0 Å². The number of benzene rings is 2. The average molecular weight is 327 g/mol. The highest BCUT2D eigenvalue weighted by Gasteiger charge is 2.12. The van der Waals surface area contributed by atoms with E-state index in [1.54, 1.807) is 36.2 Å². The number of urea groups is 1. The van der Waals surface area contributed by atoms with Crippen LogP contribution in [-0.4, -0.2) is 37.0 Å². The Labute approximate surface area is 141 Å². The van der Waals surface area contributed by atoms with Gasteiger partial charge in [0.15, 0.2) is 0 Å². The highest BCUT2D eigenvalue weighted by molar-refractivity contribution is 5.95. The summed E-state index contributed by atoms with van der Waals surface area (Å²) in [5.74, 6) is 0.703. The van der Waals surface area contributed by atoms with E-state index in [-0.39, 0.29) is 5.91 Å². The molecule has 0 bridgehead atoms. The van der Waals surface area contributed by atoms with Crippen molar-refractivity contribution in [2.45, 2.75) is 6.92 Å². The van der Waals surface area contributed by atoms with Crippen LogP contribution >= 0.6 is 0 Å². The molecule has 0 unspecified atom stereocenters. The summed E-state index contributed by atoms with van der Waals surface area (Å²) in [6, 6.07) is 13.7. The maximum Gasteiger partial charge on any atom is 0.316 e. The molecule has 3 N–H and O–H groups in total. The third kappa shape index (κ3) is 4.74. The average Bonchev–Trinajstić information content (AvgIpc) is 2.56. The van der Waals surface area contributed by atoms with Crippen LogP contribution in [0.1, 0.15) is 15.9 Å². The Kier molecular flexibility index (Phi) is 5.78. The predicted molar refractivity (Wildman–Crippen MR) is 93.3 cm³/mol. The zero-order chi connectivity index (χ0) is 17.5. The van der Waals surface area contributed by atoms with E-state index in [4.69, 9.17) is 10.5 Å². The monoisotopic (exact) mass is 327 g/mol. The molecule has 6 heteroatoms. The van der Waals surface area contributed by atoms with Crippen molar-refractivity contribution in [3.05, 3.63) is 59.7 Å². The van der Waals surface area contributed by atoms with Gasteiger partial charge >= 0.3 is 6.03 Å². The van der Waals surface area contributed by atoms with Crippen LogP contribution in [0.15, 0.2) is 48.5 Å². The summed E-state index contributed by atoms with van der Waals surface area (Å²) in [7, 11) is 1.72. The topological polar surface area (TPSA) is 84.7 Å². The minimum atomic E-state index is -0.639. The van der Waals surface area contributed by atoms with Crippen LogP contribution in [0, 0.1) is 6.92 Å². The number of carbonyl (C=O) groups is 2. The van der Waals surface area contributed by atoms with Crippen molar-refractivity contribution in [2.75, 3.05) is 25.5 Å². The lowest BCUT2D eigenvalue weighted by Crippen LogP contribution is -2.31. The van der Waals surface area contributed by atoms with Crippen molar-refractivity contribution in [1.29, 1.82) is 0 Å². The molecule has 0 fully saturated rings. The molecule has 0 spiro atoms. The molecular weight excluding hydrogens is 306 g/mol. The second-order valence-corrected chi connectivity index (χ2v) is 5.41. The highest BCUT2D eigenvalue weighted by atomic mass is 16.5. The molecule has 0 saturated carbocycles. The SMILES string of the molecule is Cc1ccccc1OCCN(C)C(=O)c1ccc(NC(N)=O)cc1. The molecular formula is C18H21N3O3. The number of aryl methyl sites for hydroxylation is 1. The maximum atomic E-state index is 12.3. The first-order valence-electron chi connectivity index (χ1n) is 7.58. The van der Waals surface area contributed by atoms with Crippen molar-refractivity contribution in [3.8, 4) is 5.75 Å². The van der Waals surface area contributed by atoms with E-state index in [1.165, 1.54) is 0 Å². The fraction of sp³-hybridized carbons (Fsp3) is 0.222. The van der Waals surface area contributed by atoms with Crippen molar-refractivity contribution >= 4 is 17.6 Å². The molecule has 24 heavy (non-hydrogen) atoms. The molecule has 0 radical (unpaired) electrons. The lowest BCUT2D eigenvalue weighted by Gasteiger charge is -2.18. The lowest BCUT2D eigenvalue weighted by molar-refractivity contribution is 0.0773. The van der Waals surface area contributed by atoms with Crippen molar-refractivity contribution < 1.29 is 14.3 Å². The summed E-state index contributed by atoms with van der Waals surface area (Å²) in [6.45, 7) is 2.86. The van der Waals surface area contributed by atoms with Crippen molar-refractivity contribution in [1.82, 2.24) is 4.90 Å². The number of para-hydroxylation sites is 1. The summed E-state index contributed by atoms with van der Waals surface area (Å²) in [5.41, 5.74) is 7.18. The molecule has 2 aromatic carbocycles. The zero-order valence-electron chi connectivity index (χ0n) is 13.8. The number of nitrogens with one attached hydrogen (secondary N) is 1. The van der Waals surface area contributed by atoms with Crippen LogP contribution in [0.4, 0.5) is 10.5 Å². The van der Waals surface area contributed by atoms with Crippen LogP contribution in [0.5, 0.6) is 5.75 Å². The smallest absolute Gasteiger partial charge is 0.316 e. The number of anilines is 1. The molecule has 0 atom stereocenters. The zero-order valence-corrected chi connectivity index (χ0v) is 13.8. The fourth-order valence-corrected chi connectivity index (χ4v) is 2.17. The second-order valence-electron chi connectivity index (χ2n) is 5.41. The van der Waals surface area contributed by atoms with E-state index in [2.05, 4.69) is 5.32 Å². The third-order valence-electron chi connectivity index (χ3n) is 3.52. The van der Waals surface area contributed by atoms with E-state index < -0.39 is 6.03 Å². The van der Waals surface area contributed by atoms with Crippen LogP contribution in [0.3, 0.4) is 0 Å². The van der Waals surface area contributed by atoms with Crippen LogP contribution in [-0.2, 0) is 0 Å². The van der Waals surface area contributed by atoms with Gasteiger partial charge in [-0.1, -0.05) is 18.2 Å². The first-order chi connectivity index (χ1) is 11.5. The number of hydrogen-bond acceptors (Lipinski definition) is 3.